The zero-order chi connectivity index (χ0) is 12.8. The van der Waals surface area contributed by atoms with Gasteiger partial charge in [-0.15, -0.1) is 0 Å². The molecule has 0 atom stereocenters. The van der Waals surface area contributed by atoms with E-state index in [2.05, 4.69) is 25.7 Å². The molecule has 0 amide bonds. The van der Waals surface area contributed by atoms with Crippen molar-refractivity contribution in [2.75, 3.05) is 7.11 Å². The summed E-state index contributed by atoms with van der Waals surface area (Å²) in [7, 11) is 1.67. The molecule has 0 heterocycles. The third-order valence-electron chi connectivity index (χ3n) is 2.77. The summed E-state index contributed by atoms with van der Waals surface area (Å²) in [6, 6.07) is 7.98. The van der Waals surface area contributed by atoms with Crippen molar-refractivity contribution in [2.45, 2.75) is 27.3 Å². The summed E-state index contributed by atoms with van der Waals surface area (Å²) in [5.74, 6) is 0.866. The Bertz CT molecular complexity index is 403. The molecular formula is C14H20N2O. The lowest BCUT2D eigenvalue weighted by Gasteiger charge is -2.20. The highest BCUT2D eigenvalue weighted by Crippen LogP contribution is 2.17. The minimum absolute atomic E-state index is 0.727. The van der Waals surface area contributed by atoms with Crippen LogP contribution >= 0.6 is 0 Å². The number of hydrogen-bond donors (Lipinski definition) is 0. The van der Waals surface area contributed by atoms with Crippen molar-refractivity contribution in [3.05, 3.63) is 41.1 Å². The molecule has 3 nitrogen and oxygen atoms in total. The molecule has 0 bridgehead atoms. The van der Waals surface area contributed by atoms with Crippen LogP contribution in [-0.2, 0) is 6.54 Å². The molecule has 0 aliphatic carbocycles. The molecule has 0 radical (unpaired) electrons. The van der Waals surface area contributed by atoms with E-state index < -0.39 is 0 Å². The first-order valence-corrected chi connectivity index (χ1v) is 5.59. The number of hydrazone groups is 1. The molecule has 1 aromatic rings. The molecule has 92 valence electrons. The van der Waals surface area contributed by atoms with Gasteiger partial charge < -0.3 is 4.74 Å². The number of benzene rings is 1. The van der Waals surface area contributed by atoms with Crippen LogP contribution in [0.25, 0.3) is 0 Å². The van der Waals surface area contributed by atoms with Gasteiger partial charge in [-0.2, -0.15) is 5.10 Å². The van der Waals surface area contributed by atoms with E-state index in [-0.39, 0.29) is 0 Å². The van der Waals surface area contributed by atoms with E-state index in [0.717, 1.165) is 18.0 Å². The number of nitrogens with zero attached hydrogens (tertiary/aromatic N) is 2. The largest absolute Gasteiger partial charge is 0.497 e. The minimum Gasteiger partial charge on any atom is -0.497 e. The molecule has 17 heavy (non-hydrogen) atoms. The minimum atomic E-state index is 0.727. The molecule has 0 unspecified atom stereocenters. The summed E-state index contributed by atoms with van der Waals surface area (Å²) in [5.41, 5.74) is 3.56. The smallest absolute Gasteiger partial charge is 0.118 e. The molecule has 0 aliphatic heterocycles. The van der Waals surface area contributed by atoms with Crippen molar-refractivity contribution in [3.8, 4) is 5.75 Å². The van der Waals surface area contributed by atoms with Gasteiger partial charge in [0, 0.05) is 12.4 Å². The van der Waals surface area contributed by atoms with Gasteiger partial charge in [0.05, 0.1) is 13.7 Å². The van der Waals surface area contributed by atoms with E-state index in [1.807, 2.05) is 36.2 Å². The second-order valence-corrected chi connectivity index (χ2v) is 4.13. The highest BCUT2D eigenvalue weighted by atomic mass is 16.5. The predicted molar refractivity (Wildman–Crippen MR) is 72.1 cm³/mol. The van der Waals surface area contributed by atoms with Gasteiger partial charge in [-0.05, 0) is 38.5 Å². The summed E-state index contributed by atoms with van der Waals surface area (Å²) in [4.78, 5) is 0. The van der Waals surface area contributed by atoms with Gasteiger partial charge in [0.15, 0.2) is 0 Å². The average Bonchev–Trinajstić information content (AvgIpc) is 2.35. The molecule has 1 aromatic carbocycles. The van der Waals surface area contributed by atoms with Gasteiger partial charge in [-0.1, -0.05) is 17.7 Å². The molecular weight excluding hydrogens is 212 g/mol. The van der Waals surface area contributed by atoms with Crippen LogP contribution in [0.3, 0.4) is 0 Å². The topological polar surface area (TPSA) is 24.8 Å². The zero-order valence-corrected chi connectivity index (χ0v) is 11.0. The van der Waals surface area contributed by atoms with Gasteiger partial charge in [0.25, 0.3) is 0 Å². The summed E-state index contributed by atoms with van der Waals surface area (Å²) in [5, 5.41) is 5.94. The highest BCUT2D eigenvalue weighted by Gasteiger charge is 2.05. The standard InChI is InChI=1S/C14H20N2O/c1-11(2)12(3)16(15-4)10-13-6-8-14(17-5)9-7-13/h6-9H,4,10H2,1-3,5H3. The van der Waals surface area contributed by atoms with E-state index in [9.17, 15) is 0 Å². The molecule has 3 heteroatoms. The molecule has 0 fully saturated rings. The summed E-state index contributed by atoms with van der Waals surface area (Å²) >= 11 is 0. The van der Waals surface area contributed by atoms with E-state index in [4.69, 9.17) is 4.74 Å². The molecule has 1 rings (SSSR count). The number of hydrogen-bond acceptors (Lipinski definition) is 3. The van der Waals surface area contributed by atoms with E-state index in [0.29, 0.717) is 0 Å². The Hall–Kier alpha value is -1.77. The Morgan fingerprint density at radius 2 is 1.82 bits per heavy atom. The first-order valence-electron chi connectivity index (χ1n) is 5.59. The number of rotatable bonds is 5. The van der Waals surface area contributed by atoms with Gasteiger partial charge in [0.1, 0.15) is 5.75 Å². The maximum atomic E-state index is 5.13. The average molecular weight is 232 g/mol. The van der Waals surface area contributed by atoms with Crippen LogP contribution in [0.4, 0.5) is 0 Å². The highest BCUT2D eigenvalue weighted by molar-refractivity contribution is 5.28. The molecule has 0 aromatic heterocycles. The first-order chi connectivity index (χ1) is 8.08. The molecule has 0 spiro atoms. The van der Waals surface area contributed by atoms with Gasteiger partial charge >= 0.3 is 0 Å². The fraction of sp³-hybridized carbons (Fsp3) is 0.357. The number of methoxy groups -OCH3 is 1. The van der Waals surface area contributed by atoms with Gasteiger partial charge in [0.2, 0.25) is 0 Å². The van der Waals surface area contributed by atoms with Crippen LogP contribution in [0.1, 0.15) is 26.3 Å². The summed E-state index contributed by atoms with van der Waals surface area (Å²) in [6.07, 6.45) is 0. The lowest BCUT2D eigenvalue weighted by atomic mass is 10.2. The van der Waals surface area contributed by atoms with Gasteiger partial charge in [-0.3, -0.25) is 5.01 Å². The van der Waals surface area contributed by atoms with Crippen molar-refractivity contribution in [3.63, 3.8) is 0 Å². The van der Waals surface area contributed by atoms with Crippen molar-refractivity contribution in [2.24, 2.45) is 5.10 Å². The maximum absolute atomic E-state index is 5.13. The third kappa shape index (κ3) is 3.63. The Balaban J connectivity index is 2.81. The van der Waals surface area contributed by atoms with Crippen molar-refractivity contribution < 1.29 is 4.74 Å². The number of ether oxygens (including phenoxy) is 1. The fourth-order valence-electron chi connectivity index (χ4n) is 1.44. The van der Waals surface area contributed by atoms with E-state index in [1.165, 1.54) is 11.1 Å². The van der Waals surface area contributed by atoms with E-state index >= 15 is 0 Å². The Morgan fingerprint density at radius 3 is 2.24 bits per heavy atom. The Kier molecular flexibility index (Phi) is 4.76. The molecule has 0 N–H and O–H groups in total. The van der Waals surface area contributed by atoms with Crippen LogP contribution in [-0.4, -0.2) is 18.8 Å². The maximum Gasteiger partial charge on any atom is 0.118 e. The monoisotopic (exact) mass is 232 g/mol. The van der Waals surface area contributed by atoms with Crippen LogP contribution < -0.4 is 4.74 Å². The lowest BCUT2D eigenvalue weighted by molar-refractivity contribution is 0.356. The second-order valence-electron chi connectivity index (χ2n) is 4.13. The van der Waals surface area contributed by atoms with Crippen molar-refractivity contribution >= 4 is 6.72 Å². The van der Waals surface area contributed by atoms with Crippen LogP contribution in [0.5, 0.6) is 5.75 Å². The van der Waals surface area contributed by atoms with Gasteiger partial charge in [-0.25, -0.2) is 0 Å². The third-order valence-corrected chi connectivity index (χ3v) is 2.77. The van der Waals surface area contributed by atoms with E-state index in [1.54, 1.807) is 7.11 Å². The Morgan fingerprint density at radius 1 is 1.24 bits per heavy atom. The second kappa shape index (κ2) is 6.09. The van der Waals surface area contributed by atoms with Crippen LogP contribution in [0.15, 0.2) is 40.6 Å². The lowest BCUT2D eigenvalue weighted by Crippen LogP contribution is -2.15. The summed E-state index contributed by atoms with van der Waals surface area (Å²) < 4.78 is 5.13. The van der Waals surface area contributed by atoms with Crippen molar-refractivity contribution in [1.29, 1.82) is 0 Å². The van der Waals surface area contributed by atoms with Crippen LogP contribution in [0.2, 0.25) is 0 Å². The molecule has 0 aliphatic rings. The normalized spacial score (nSPS) is 9.65. The zero-order valence-electron chi connectivity index (χ0n) is 11.0. The number of allylic oxidation sites excluding steroid dienone is 2. The predicted octanol–water partition coefficient (Wildman–Crippen LogP) is 3.43. The quantitative estimate of drug-likeness (QED) is 0.574. The first kappa shape index (κ1) is 13.3. The summed E-state index contributed by atoms with van der Waals surface area (Å²) in [6.45, 7) is 10.5. The fourth-order valence-corrected chi connectivity index (χ4v) is 1.44. The van der Waals surface area contributed by atoms with Crippen molar-refractivity contribution in [1.82, 2.24) is 5.01 Å². The SMILES string of the molecule is C=NN(Cc1ccc(OC)cc1)C(C)=C(C)C. The molecule has 0 saturated heterocycles. The van der Waals surface area contributed by atoms with Crippen LogP contribution in [0, 0.1) is 0 Å². The molecule has 0 saturated carbocycles. The Labute approximate surface area is 103 Å².